The second-order valence-corrected chi connectivity index (χ2v) is 14.4. The first-order chi connectivity index (χ1) is 28.3. The molecule has 0 saturated carbocycles. The normalized spacial score (nSPS) is 11.9. The van der Waals surface area contributed by atoms with Crippen LogP contribution < -0.4 is 0 Å². The van der Waals surface area contributed by atoms with Crippen LogP contribution in [0.1, 0.15) is 0 Å². The molecule has 0 saturated heterocycles. The van der Waals surface area contributed by atoms with E-state index in [1.807, 2.05) is 66.7 Å². The van der Waals surface area contributed by atoms with Crippen molar-refractivity contribution in [1.82, 2.24) is 24.1 Å². The van der Waals surface area contributed by atoms with Gasteiger partial charge in [-0.05, 0) is 72.8 Å². The van der Waals surface area contributed by atoms with E-state index >= 15 is 0 Å². The predicted octanol–water partition coefficient (Wildman–Crippen LogP) is 13.0. The number of benzene rings is 8. The van der Waals surface area contributed by atoms with Crippen molar-refractivity contribution in [2.45, 2.75) is 0 Å². The highest BCUT2D eigenvalue weighted by Gasteiger charge is 2.22. The lowest BCUT2D eigenvalue weighted by Crippen LogP contribution is -2.00. The molecule has 266 valence electrons. The highest BCUT2D eigenvalue weighted by molar-refractivity contribution is 6.26. The van der Waals surface area contributed by atoms with Crippen molar-refractivity contribution < 1.29 is 4.42 Å². The van der Waals surface area contributed by atoms with Crippen molar-refractivity contribution in [2.75, 3.05) is 0 Å². The van der Waals surface area contributed by atoms with Gasteiger partial charge in [0.15, 0.2) is 17.5 Å². The number of furan rings is 1. The van der Waals surface area contributed by atoms with Crippen molar-refractivity contribution in [3.05, 3.63) is 188 Å². The van der Waals surface area contributed by atoms with E-state index in [9.17, 15) is 0 Å². The molecule has 0 unspecified atom stereocenters. The molecule has 4 heterocycles. The number of fused-ring (bicyclic) bond motifs is 10. The Balaban J connectivity index is 1.08. The van der Waals surface area contributed by atoms with Crippen molar-refractivity contribution in [2.24, 2.45) is 0 Å². The monoisotopic (exact) mass is 729 g/mol. The molecule has 0 aliphatic carbocycles. The molecule has 0 fully saturated rings. The lowest BCUT2D eigenvalue weighted by molar-refractivity contribution is 0.669. The fourth-order valence-electron chi connectivity index (χ4n) is 8.59. The lowest BCUT2D eigenvalue weighted by atomic mass is 10.1. The summed E-state index contributed by atoms with van der Waals surface area (Å²) < 4.78 is 11.2. The third-order valence-corrected chi connectivity index (χ3v) is 11.2. The summed E-state index contributed by atoms with van der Waals surface area (Å²) in [5.41, 5.74) is 11.3. The van der Waals surface area contributed by atoms with Crippen LogP contribution in [0.25, 0.3) is 111 Å². The van der Waals surface area contributed by atoms with Gasteiger partial charge in [0, 0.05) is 55.0 Å². The Labute approximate surface area is 326 Å². The second kappa shape index (κ2) is 12.3. The Kier molecular flexibility index (Phi) is 6.83. The molecule has 12 aromatic rings. The van der Waals surface area contributed by atoms with E-state index in [2.05, 4.69) is 130 Å². The molecule has 57 heavy (non-hydrogen) atoms. The first-order valence-electron chi connectivity index (χ1n) is 19.1. The van der Waals surface area contributed by atoms with E-state index < -0.39 is 0 Å². The molecule has 0 radical (unpaired) electrons. The predicted molar refractivity (Wildman–Crippen MR) is 232 cm³/mol. The second-order valence-electron chi connectivity index (χ2n) is 14.4. The molecule has 0 spiro atoms. The number of rotatable bonds is 5. The SMILES string of the molecule is c1ccc(-c2nc(-c3ccccc3)nc(-c3ccc(-n4c5ccccc5c5cc6c(cc54)c4ccc5oc7ccccc7c5c4n6-c4ccccc4)cc3)n2)cc1. The van der Waals surface area contributed by atoms with Crippen molar-refractivity contribution in [3.8, 4) is 45.5 Å². The molecule has 0 aliphatic heterocycles. The fourth-order valence-corrected chi connectivity index (χ4v) is 8.59. The van der Waals surface area contributed by atoms with E-state index in [1.54, 1.807) is 0 Å². The van der Waals surface area contributed by atoms with Crippen LogP contribution in [0.5, 0.6) is 0 Å². The molecule has 0 N–H and O–H groups in total. The first-order valence-corrected chi connectivity index (χ1v) is 19.1. The number of hydrogen-bond donors (Lipinski definition) is 0. The molecule has 0 bridgehead atoms. The summed E-state index contributed by atoms with van der Waals surface area (Å²) in [6.07, 6.45) is 0. The molecule has 0 atom stereocenters. The Morgan fingerprint density at radius 2 is 0.842 bits per heavy atom. The number of aromatic nitrogens is 5. The summed E-state index contributed by atoms with van der Waals surface area (Å²) in [6, 6.07) is 65.6. The van der Waals surface area contributed by atoms with Crippen molar-refractivity contribution in [3.63, 3.8) is 0 Å². The van der Waals surface area contributed by atoms with E-state index in [1.165, 1.54) is 21.5 Å². The largest absolute Gasteiger partial charge is 0.456 e. The third kappa shape index (κ3) is 4.87. The smallest absolute Gasteiger partial charge is 0.164 e. The van der Waals surface area contributed by atoms with Gasteiger partial charge in [0.05, 0.1) is 27.5 Å². The minimum atomic E-state index is 0.630. The summed E-state index contributed by atoms with van der Waals surface area (Å²) in [7, 11) is 0. The fraction of sp³-hybridized carbons (Fsp3) is 0. The molecular formula is C51H31N5O. The minimum Gasteiger partial charge on any atom is -0.456 e. The minimum absolute atomic E-state index is 0.630. The van der Waals surface area contributed by atoms with Gasteiger partial charge in [-0.2, -0.15) is 0 Å². The molecule has 6 heteroatoms. The highest BCUT2D eigenvalue weighted by Crippen LogP contribution is 2.44. The van der Waals surface area contributed by atoms with E-state index in [-0.39, 0.29) is 0 Å². The van der Waals surface area contributed by atoms with Crippen LogP contribution in [-0.4, -0.2) is 24.1 Å². The van der Waals surface area contributed by atoms with Gasteiger partial charge in [-0.1, -0.05) is 115 Å². The average molecular weight is 730 g/mol. The molecule has 0 amide bonds. The Bertz CT molecular complexity index is 3430. The first kappa shape index (κ1) is 31.5. The number of hydrogen-bond acceptors (Lipinski definition) is 4. The molecule has 4 aromatic heterocycles. The zero-order valence-corrected chi connectivity index (χ0v) is 30.5. The van der Waals surface area contributed by atoms with Crippen LogP contribution in [0.3, 0.4) is 0 Å². The highest BCUT2D eigenvalue weighted by atomic mass is 16.3. The zero-order valence-electron chi connectivity index (χ0n) is 30.5. The van der Waals surface area contributed by atoms with Crippen LogP contribution in [0.15, 0.2) is 192 Å². The summed E-state index contributed by atoms with van der Waals surface area (Å²) in [4.78, 5) is 14.8. The molecule has 0 aliphatic rings. The molecule has 12 rings (SSSR count). The van der Waals surface area contributed by atoms with Gasteiger partial charge in [-0.3, -0.25) is 0 Å². The summed E-state index contributed by atoms with van der Waals surface area (Å²) in [5, 5.41) is 6.98. The number of nitrogens with zero attached hydrogens (tertiary/aromatic N) is 5. The Morgan fingerprint density at radius 3 is 1.51 bits per heavy atom. The number of para-hydroxylation sites is 3. The summed E-state index contributed by atoms with van der Waals surface area (Å²) >= 11 is 0. The lowest BCUT2D eigenvalue weighted by Gasteiger charge is -2.11. The van der Waals surface area contributed by atoms with Crippen LogP contribution >= 0.6 is 0 Å². The van der Waals surface area contributed by atoms with Gasteiger partial charge < -0.3 is 13.6 Å². The van der Waals surface area contributed by atoms with Gasteiger partial charge >= 0.3 is 0 Å². The maximum atomic E-state index is 6.41. The molecule has 6 nitrogen and oxygen atoms in total. The van der Waals surface area contributed by atoms with Crippen molar-refractivity contribution in [1.29, 1.82) is 0 Å². The summed E-state index contributed by atoms with van der Waals surface area (Å²) in [5.74, 6) is 1.92. The Morgan fingerprint density at radius 1 is 0.333 bits per heavy atom. The van der Waals surface area contributed by atoms with Gasteiger partial charge in [0.1, 0.15) is 11.2 Å². The molecular weight excluding hydrogens is 699 g/mol. The van der Waals surface area contributed by atoms with Crippen LogP contribution in [0.4, 0.5) is 0 Å². The van der Waals surface area contributed by atoms with E-state index in [0.29, 0.717) is 17.5 Å². The maximum Gasteiger partial charge on any atom is 0.164 e. The van der Waals surface area contributed by atoms with Crippen LogP contribution in [-0.2, 0) is 0 Å². The van der Waals surface area contributed by atoms with Gasteiger partial charge in [0.2, 0.25) is 0 Å². The summed E-state index contributed by atoms with van der Waals surface area (Å²) in [6.45, 7) is 0. The van der Waals surface area contributed by atoms with E-state index in [0.717, 1.165) is 72.1 Å². The average Bonchev–Trinajstić information content (AvgIpc) is 3.93. The third-order valence-electron chi connectivity index (χ3n) is 11.2. The Hall–Kier alpha value is -7.83. The molecule has 8 aromatic carbocycles. The quantitative estimate of drug-likeness (QED) is 0.177. The van der Waals surface area contributed by atoms with Gasteiger partial charge in [0.25, 0.3) is 0 Å². The zero-order chi connectivity index (χ0) is 37.5. The van der Waals surface area contributed by atoms with Crippen molar-refractivity contribution >= 4 is 65.6 Å². The standard InChI is InChI=1S/C51H31N5O/c1-4-14-32(15-5-1)49-52-50(33-16-6-2-7-17-33)54-51(53-49)34-24-26-36(27-25-34)55-42-22-12-10-20-37(42)40-30-44-41(31-43(40)55)38-28-29-46-47(39-21-11-13-23-45(39)57-46)48(38)56(44)35-18-8-3-9-19-35/h1-31H. The van der Waals surface area contributed by atoms with Crippen LogP contribution in [0, 0.1) is 0 Å². The van der Waals surface area contributed by atoms with Gasteiger partial charge in [-0.25, -0.2) is 15.0 Å². The topological polar surface area (TPSA) is 61.7 Å². The maximum absolute atomic E-state index is 6.41. The van der Waals surface area contributed by atoms with Gasteiger partial charge in [-0.15, -0.1) is 0 Å². The van der Waals surface area contributed by atoms with Crippen LogP contribution in [0.2, 0.25) is 0 Å². The van der Waals surface area contributed by atoms with E-state index in [4.69, 9.17) is 19.4 Å².